The zero-order valence-corrected chi connectivity index (χ0v) is 15.0. The van der Waals surface area contributed by atoms with Crippen LogP contribution in [0, 0.1) is 0 Å². The third-order valence-electron chi connectivity index (χ3n) is 3.91. The first-order valence-corrected chi connectivity index (χ1v) is 8.05. The van der Waals surface area contributed by atoms with Crippen molar-refractivity contribution in [2.75, 3.05) is 12.4 Å². The van der Waals surface area contributed by atoms with Gasteiger partial charge in [0.05, 0.1) is 18.0 Å². The van der Waals surface area contributed by atoms with E-state index in [1.165, 1.54) is 24.0 Å². The van der Waals surface area contributed by atoms with E-state index in [4.69, 9.17) is 11.6 Å². The van der Waals surface area contributed by atoms with Crippen LogP contribution in [0.1, 0.15) is 44.2 Å². The van der Waals surface area contributed by atoms with Crippen LogP contribution in [-0.2, 0) is 4.84 Å². The van der Waals surface area contributed by atoms with Crippen molar-refractivity contribution in [2.24, 2.45) is 5.16 Å². The molecule has 2 aromatic heterocycles. The van der Waals surface area contributed by atoms with Gasteiger partial charge in [-0.05, 0) is 19.3 Å². The molecule has 2 aromatic rings. The van der Waals surface area contributed by atoms with E-state index in [2.05, 4.69) is 25.4 Å². The zero-order chi connectivity index (χ0) is 18.8. The number of halogens is 4. The minimum absolute atomic E-state index is 0.104. The predicted molar refractivity (Wildman–Crippen MR) is 90.4 cm³/mol. The molecular weight excluding hydrogens is 359 g/mol. The maximum absolute atomic E-state index is 13.0. The van der Waals surface area contributed by atoms with Gasteiger partial charge >= 0.3 is 6.18 Å². The minimum atomic E-state index is -4.41. The van der Waals surface area contributed by atoms with Crippen molar-refractivity contribution < 1.29 is 18.0 Å². The Morgan fingerprint density at radius 1 is 1.44 bits per heavy atom. The maximum atomic E-state index is 13.0. The molecule has 0 spiro atoms. The van der Waals surface area contributed by atoms with E-state index in [9.17, 15) is 13.2 Å². The summed E-state index contributed by atoms with van der Waals surface area (Å²) in [5, 5.41) is 10.4. The van der Waals surface area contributed by atoms with E-state index in [1.54, 1.807) is 0 Å². The number of hydrogen-bond acceptors (Lipinski definition) is 5. The van der Waals surface area contributed by atoms with E-state index in [1.807, 2.05) is 13.8 Å². The fourth-order valence-corrected chi connectivity index (χ4v) is 2.62. The molecule has 0 saturated carbocycles. The minimum Gasteiger partial charge on any atom is -0.399 e. The molecule has 1 N–H and O–H groups in total. The average Bonchev–Trinajstić information content (AvgIpc) is 2.94. The zero-order valence-electron chi connectivity index (χ0n) is 14.2. The topological polar surface area (TPSA) is 63.8 Å². The highest BCUT2D eigenvalue weighted by molar-refractivity contribution is 6.30. The summed E-state index contributed by atoms with van der Waals surface area (Å²) in [6.07, 6.45) is -0.930. The largest absolute Gasteiger partial charge is 0.408 e. The molecule has 0 aliphatic carbocycles. The summed E-state index contributed by atoms with van der Waals surface area (Å²) in [5.41, 5.74) is 1.25. The lowest BCUT2D eigenvalue weighted by atomic mass is 10.0. The van der Waals surface area contributed by atoms with Crippen LogP contribution in [0.15, 0.2) is 11.4 Å². The van der Waals surface area contributed by atoms with Crippen LogP contribution in [0.4, 0.5) is 19.0 Å². The molecule has 10 heteroatoms. The van der Waals surface area contributed by atoms with E-state index in [-0.39, 0.29) is 22.5 Å². The van der Waals surface area contributed by atoms with Crippen molar-refractivity contribution >= 4 is 29.3 Å². The van der Waals surface area contributed by atoms with Gasteiger partial charge in [-0.25, -0.2) is 4.98 Å². The number of alkyl halides is 3. The summed E-state index contributed by atoms with van der Waals surface area (Å²) in [6.45, 7) is 4.83. The van der Waals surface area contributed by atoms with Gasteiger partial charge < -0.3 is 10.2 Å². The highest BCUT2D eigenvalue weighted by atomic mass is 35.5. The van der Waals surface area contributed by atoms with Crippen LogP contribution in [-0.4, -0.2) is 40.1 Å². The second kappa shape index (κ2) is 7.47. The highest BCUT2D eigenvalue weighted by Crippen LogP contribution is 2.35. The summed E-state index contributed by atoms with van der Waals surface area (Å²) in [7, 11) is 1.38. The molecule has 0 bridgehead atoms. The number of aromatic nitrogens is 3. The Kier molecular flexibility index (Phi) is 5.76. The van der Waals surface area contributed by atoms with Gasteiger partial charge in [0.1, 0.15) is 24.1 Å². The lowest BCUT2D eigenvalue weighted by molar-refractivity contribution is -0.138. The molecule has 6 nitrogen and oxygen atoms in total. The standard InChI is InChI=1S/C15H19ClF3N5O/c1-5-8(2)11-12(16)23-13-10(7-21-25-4)6-20-24(13)14(11)22-9(3)15(17,18)19/h6-9,22H,5H2,1-4H3/b21-7+. The normalized spacial score (nSPS) is 14.9. The molecule has 2 unspecified atom stereocenters. The smallest absolute Gasteiger partial charge is 0.399 e. The number of nitrogens with one attached hydrogen (secondary N) is 1. The Morgan fingerprint density at radius 3 is 2.68 bits per heavy atom. The van der Waals surface area contributed by atoms with Crippen LogP contribution in [0.25, 0.3) is 5.65 Å². The van der Waals surface area contributed by atoms with Gasteiger partial charge in [-0.15, -0.1) is 0 Å². The van der Waals surface area contributed by atoms with Crippen molar-refractivity contribution in [3.05, 3.63) is 22.5 Å². The summed E-state index contributed by atoms with van der Waals surface area (Å²) >= 11 is 6.29. The van der Waals surface area contributed by atoms with Gasteiger partial charge in [0, 0.05) is 5.56 Å². The Labute approximate surface area is 148 Å². The molecule has 0 fully saturated rings. The van der Waals surface area contributed by atoms with Gasteiger partial charge in [-0.3, -0.25) is 0 Å². The number of nitrogens with zero attached hydrogens (tertiary/aromatic N) is 4. The van der Waals surface area contributed by atoms with E-state index in [0.717, 1.165) is 6.92 Å². The molecule has 0 amide bonds. The van der Waals surface area contributed by atoms with Gasteiger partial charge in [0.25, 0.3) is 0 Å². The molecular formula is C15H19ClF3N5O. The first kappa shape index (κ1) is 19.3. The third kappa shape index (κ3) is 3.97. The second-order valence-corrected chi connectivity index (χ2v) is 5.99. The van der Waals surface area contributed by atoms with E-state index in [0.29, 0.717) is 17.5 Å². The summed E-state index contributed by atoms with van der Waals surface area (Å²) in [4.78, 5) is 8.91. The van der Waals surface area contributed by atoms with Crippen molar-refractivity contribution in [1.82, 2.24) is 14.6 Å². The number of fused-ring (bicyclic) bond motifs is 1. The van der Waals surface area contributed by atoms with Gasteiger partial charge in [0.2, 0.25) is 0 Å². The van der Waals surface area contributed by atoms with E-state index < -0.39 is 12.2 Å². The van der Waals surface area contributed by atoms with Crippen molar-refractivity contribution in [3.8, 4) is 0 Å². The van der Waals surface area contributed by atoms with Crippen LogP contribution in [0.5, 0.6) is 0 Å². The molecule has 0 aliphatic rings. The lowest BCUT2D eigenvalue weighted by Gasteiger charge is -2.23. The van der Waals surface area contributed by atoms with Crippen molar-refractivity contribution in [1.29, 1.82) is 0 Å². The monoisotopic (exact) mass is 377 g/mol. The predicted octanol–water partition coefficient (Wildman–Crippen LogP) is 4.24. The van der Waals surface area contributed by atoms with Gasteiger partial charge in [0.15, 0.2) is 5.65 Å². The molecule has 0 aromatic carbocycles. The Bertz CT molecular complexity index is 775. The molecule has 0 aliphatic heterocycles. The fourth-order valence-electron chi connectivity index (χ4n) is 2.26. The number of oxime groups is 1. The van der Waals surface area contributed by atoms with E-state index >= 15 is 0 Å². The lowest BCUT2D eigenvalue weighted by Crippen LogP contribution is -2.34. The van der Waals surface area contributed by atoms with Crippen LogP contribution < -0.4 is 5.32 Å². The Morgan fingerprint density at radius 2 is 2.12 bits per heavy atom. The molecule has 2 atom stereocenters. The third-order valence-corrected chi connectivity index (χ3v) is 4.20. The highest BCUT2D eigenvalue weighted by Gasteiger charge is 2.37. The average molecular weight is 378 g/mol. The molecule has 25 heavy (non-hydrogen) atoms. The van der Waals surface area contributed by atoms with Gasteiger partial charge in [-0.1, -0.05) is 30.6 Å². The number of hydrogen-bond donors (Lipinski definition) is 1. The summed E-state index contributed by atoms with van der Waals surface area (Å²) in [5.74, 6) is 0.0684. The molecule has 2 heterocycles. The summed E-state index contributed by atoms with van der Waals surface area (Å²) < 4.78 is 40.4. The quantitative estimate of drug-likeness (QED) is 0.464. The Hall–Kier alpha value is -2.03. The fraction of sp³-hybridized carbons (Fsp3) is 0.533. The molecule has 138 valence electrons. The first-order chi connectivity index (χ1) is 11.7. The van der Waals surface area contributed by atoms with Crippen LogP contribution in [0.2, 0.25) is 5.15 Å². The van der Waals surface area contributed by atoms with Crippen LogP contribution in [0.3, 0.4) is 0 Å². The van der Waals surface area contributed by atoms with Crippen molar-refractivity contribution in [2.45, 2.75) is 45.3 Å². The number of rotatable bonds is 6. The maximum Gasteiger partial charge on any atom is 0.408 e. The SMILES string of the molecule is CCC(C)c1c(Cl)nc2c(/C=N/OC)cnn2c1NC(C)C(F)(F)F. The van der Waals surface area contributed by atoms with Crippen molar-refractivity contribution in [3.63, 3.8) is 0 Å². The second-order valence-electron chi connectivity index (χ2n) is 5.63. The Balaban J connectivity index is 2.68. The van der Waals surface area contributed by atoms with Crippen LogP contribution >= 0.6 is 11.6 Å². The van der Waals surface area contributed by atoms with Gasteiger partial charge in [-0.2, -0.15) is 22.8 Å². The number of anilines is 1. The molecule has 0 saturated heterocycles. The molecule has 2 rings (SSSR count). The summed E-state index contributed by atoms with van der Waals surface area (Å²) in [6, 6.07) is -1.78. The first-order valence-electron chi connectivity index (χ1n) is 7.67. The molecule has 0 radical (unpaired) electrons.